The molecular weight excluding hydrogens is 517 g/mol. The molecule has 0 radical (unpaired) electrons. The quantitative estimate of drug-likeness (QED) is 0.135. The van der Waals surface area contributed by atoms with Crippen molar-refractivity contribution in [1.82, 2.24) is 10.6 Å². The van der Waals surface area contributed by atoms with E-state index < -0.39 is 9.84 Å². The van der Waals surface area contributed by atoms with Crippen molar-refractivity contribution in [3.05, 3.63) is 29.3 Å². The molecule has 7 nitrogen and oxygen atoms in total. The zero-order valence-corrected chi connectivity index (χ0v) is 21.6. The highest BCUT2D eigenvalue weighted by molar-refractivity contribution is 14.0. The summed E-state index contributed by atoms with van der Waals surface area (Å²) in [5.74, 6) is 0.621. The molecule has 0 aliphatic carbocycles. The second kappa shape index (κ2) is 15.4. The molecule has 172 valence electrons. The number of aryl methyl sites for hydroxylation is 1. The van der Waals surface area contributed by atoms with E-state index in [1.807, 2.05) is 19.9 Å². The summed E-state index contributed by atoms with van der Waals surface area (Å²) in [6.07, 6.45) is 5.60. The number of benzene rings is 1. The average Bonchev–Trinajstić information content (AvgIpc) is 2.64. The van der Waals surface area contributed by atoms with Gasteiger partial charge in [-0.15, -0.1) is 24.0 Å². The average molecular weight is 554 g/mol. The molecule has 0 heterocycles. The fraction of sp³-hybridized carbons (Fsp3) is 0.619. The maximum absolute atomic E-state index is 11.7. The van der Waals surface area contributed by atoms with Crippen LogP contribution in [0.3, 0.4) is 0 Å². The van der Waals surface area contributed by atoms with E-state index in [0.717, 1.165) is 55.9 Å². The number of carbonyl (C=O) groups excluding carboxylic acids is 1. The molecule has 0 spiro atoms. The predicted octanol–water partition coefficient (Wildman–Crippen LogP) is 3.59. The Morgan fingerprint density at radius 1 is 1.10 bits per heavy atom. The van der Waals surface area contributed by atoms with Crippen LogP contribution < -0.4 is 10.6 Å². The van der Waals surface area contributed by atoms with E-state index in [9.17, 15) is 13.2 Å². The smallest absolute Gasteiger partial charge is 0.305 e. The molecule has 0 aromatic heterocycles. The number of carbonyl (C=O) groups is 1. The minimum atomic E-state index is -3.21. The van der Waals surface area contributed by atoms with E-state index >= 15 is 0 Å². The summed E-state index contributed by atoms with van der Waals surface area (Å²) >= 11 is 0. The van der Waals surface area contributed by atoms with Crippen LogP contribution in [0.25, 0.3) is 0 Å². The van der Waals surface area contributed by atoms with Gasteiger partial charge in [-0.3, -0.25) is 4.79 Å². The van der Waals surface area contributed by atoms with Crippen LogP contribution >= 0.6 is 24.0 Å². The van der Waals surface area contributed by atoms with Crippen LogP contribution in [0.4, 0.5) is 0 Å². The largest absolute Gasteiger partial charge is 0.466 e. The molecule has 1 rings (SSSR count). The highest BCUT2D eigenvalue weighted by atomic mass is 127. The Morgan fingerprint density at radius 3 is 2.40 bits per heavy atom. The molecule has 0 unspecified atom stereocenters. The van der Waals surface area contributed by atoms with Gasteiger partial charge in [0.05, 0.1) is 18.0 Å². The molecule has 0 atom stereocenters. The minimum absolute atomic E-state index is 0. The van der Waals surface area contributed by atoms with Crippen molar-refractivity contribution >= 4 is 45.7 Å². The van der Waals surface area contributed by atoms with Crippen molar-refractivity contribution in [2.75, 3.05) is 26.0 Å². The first-order valence-corrected chi connectivity index (χ1v) is 12.1. The first-order chi connectivity index (χ1) is 13.8. The van der Waals surface area contributed by atoms with Crippen LogP contribution in [0, 0.1) is 6.92 Å². The van der Waals surface area contributed by atoms with Crippen molar-refractivity contribution < 1.29 is 17.9 Å². The lowest BCUT2D eigenvalue weighted by atomic mass is 10.1. The second-order valence-corrected chi connectivity index (χ2v) is 8.95. The van der Waals surface area contributed by atoms with E-state index in [4.69, 9.17) is 4.74 Å². The Morgan fingerprint density at radius 2 is 1.80 bits per heavy atom. The summed E-state index contributed by atoms with van der Waals surface area (Å²) in [4.78, 5) is 16.2. The van der Waals surface area contributed by atoms with Crippen LogP contribution in [0.2, 0.25) is 0 Å². The summed E-state index contributed by atoms with van der Waals surface area (Å²) in [7, 11) is -3.21. The maximum atomic E-state index is 11.7. The Hall–Kier alpha value is -1.36. The number of hydrogen-bond acceptors (Lipinski definition) is 5. The molecule has 0 saturated heterocycles. The van der Waals surface area contributed by atoms with Gasteiger partial charge in [-0.05, 0) is 50.8 Å². The molecule has 0 amide bonds. The van der Waals surface area contributed by atoms with Crippen LogP contribution in [0.5, 0.6) is 0 Å². The standard InChI is InChI=1S/C21H35N3O4S.HI/c1-5-22-21(23-14-10-8-7-9-11-20(25)28-6-2)24-16-18-12-13-19(17(3)15-18)29(4,26)27;/h12-13,15H,5-11,14,16H2,1-4H3,(H2,22,23,24);1H. The monoisotopic (exact) mass is 553 g/mol. The number of esters is 1. The van der Waals surface area contributed by atoms with Crippen LogP contribution in [0.1, 0.15) is 57.1 Å². The van der Waals surface area contributed by atoms with Gasteiger partial charge >= 0.3 is 5.97 Å². The number of nitrogens with one attached hydrogen (secondary N) is 2. The van der Waals surface area contributed by atoms with Crippen LogP contribution in [0.15, 0.2) is 28.1 Å². The van der Waals surface area contributed by atoms with Gasteiger partial charge < -0.3 is 15.4 Å². The number of unbranched alkanes of at least 4 members (excludes halogenated alkanes) is 3. The Kier molecular flexibility index (Phi) is 14.7. The highest BCUT2D eigenvalue weighted by Gasteiger charge is 2.10. The number of rotatable bonds is 12. The Balaban J connectivity index is 0.00000841. The first kappa shape index (κ1) is 28.6. The second-order valence-electron chi connectivity index (χ2n) is 6.96. The number of nitrogens with zero attached hydrogens (tertiary/aromatic N) is 1. The van der Waals surface area contributed by atoms with Crippen LogP contribution in [-0.4, -0.2) is 46.3 Å². The van der Waals surface area contributed by atoms with E-state index in [1.165, 1.54) is 6.26 Å². The summed E-state index contributed by atoms with van der Waals surface area (Å²) < 4.78 is 28.4. The Bertz CT molecular complexity index is 782. The van der Waals surface area contributed by atoms with E-state index in [0.29, 0.717) is 24.5 Å². The fourth-order valence-corrected chi connectivity index (χ4v) is 3.88. The summed E-state index contributed by atoms with van der Waals surface area (Å²) in [6.45, 7) is 8.11. The van der Waals surface area contributed by atoms with Gasteiger partial charge in [0.15, 0.2) is 15.8 Å². The lowest BCUT2D eigenvalue weighted by molar-refractivity contribution is -0.143. The third kappa shape index (κ3) is 11.7. The number of guanidine groups is 1. The van der Waals surface area contributed by atoms with E-state index in [-0.39, 0.29) is 29.9 Å². The van der Waals surface area contributed by atoms with E-state index in [1.54, 1.807) is 19.1 Å². The molecule has 2 N–H and O–H groups in total. The number of halogens is 1. The summed E-state index contributed by atoms with van der Waals surface area (Å²) in [6, 6.07) is 5.32. The predicted molar refractivity (Wildman–Crippen MR) is 132 cm³/mol. The highest BCUT2D eigenvalue weighted by Crippen LogP contribution is 2.17. The summed E-state index contributed by atoms with van der Waals surface area (Å²) in [5.41, 5.74) is 1.70. The van der Waals surface area contributed by atoms with Gasteiger partial charge in [-0.2, -0.15) is 0 Å². The molecule has 30 heavy (non-hydrogen) atoms. The fourth-order valence-electron chi connectivity index (χ4n) is 2.93. The third-order valence-electron chi connectivity index (χ3n) is 4.31. The zero-order chi connectivity index (χ0) is 21.7. The normalized spacial score (nSPS) is 11.5. The lowest BCUT2D eigenvalue weighted by Gasteiger charge is -2.12. The molecule has 1 aromatic carbocycles. The van der Waals surface area contributed by atoms with Crippen molar-refractivity contribution in [2.45, 2.75) is 64.3 Å². The number of hydrogen-bond donors (Lipinski definition) is 2. The molecule has 1 aromatic rings. The van der Waals surface area contributed by atoms with Crippen LogP contribution in [-0.2, 0) is 25.9 Å². The molecule has 9 heteroatoms. The molecule has 0 bridgehead atoms. The van der Waals surface area contributed by atoms with E-state index in [2.05, 4.69) is 15.6 Å². The molecule has 0 saturated carbocycles. The SMILES string of the molecule is CCNC(=NCc1ccc(S(C)(=O)=O)c(C)c1)NCCCCCCC(=O)OCC.I. The maximum Gasteiger partial charge on any atom is 0.305 e. The molecule has 0 aliphatic rings. The van der Waals surface area contributed by atoms with Crippen molar-refractivity contribution in [3.63, 3.8) is 0 Å². The third-order valence-corrected chi connectivity index (χ3v) is 5.57. The van der Waals surface area contributed by atoms with Gasteiger partial charge in [0.25, 0.3) is 0 Å². The first-order valence-electron chi connectivity index (χ1n) is 10.2. The number of sulfone groups is 1. The summed E-state index contributed by atoms with van der Waals surface area (Å²) in [5, 5.41) is 6.53. The topological polar surface area (TPSA) is 96.9 Å². The van der Waals surface area contributed by atoms with Gasteiger partial charge in [0, 0.05) is 25.8 Å². The van der Waals surface area contributed by atoms with Gasteiger partial charge in [0.2, 0.25) is 0 Å². The van der Waals surface area contributed by atoms with Gasteiger partial charge in [-0.1, -0.05) is 25.0 Å². The van der Waals surface area contributed by atoms with Gasteiger partial charge in [0.1, 0.15) is 0 Å². The minimum Gasteiger partial charge on any atom is -0.466 e. The zero-order valence-electron chi connectivity index (χ0n) is 18.5. The molecular formula is C21H36IN3O4S. The number of aliphatic imine (C=N–C) groups is 1. The molecule has 0 fully saturated rings. The van der Waals surface area contributed by atoms with Crippen molar-refractivity contribution in [2.24, 2.45) is 4.99 Å². The van der Waals surface area contributed by atoms with Gasteiger partial charge in [-0.25, -0.2) is 13.4 Å². The van der Waals surface area contributed by atoms with Crippen molar-refractivity contribution in [3.8, 4) is 0 Å². The molecule has 0 aliphatic heterocycles. The lowest BCUT2D eigenvalue weighted by Crippen LogP contribution is -2.37. The Labute approximate surface area is 198 Å². The number of ether oxygens (including phenoxy) is 1. The van der Waals surface area contributed by atoms with Crippen molar-refractivity contribution in [1.29, 1.82) is 0 Å².